The van der Waals surface area contributed by atoms with Gasteiger partial charge in [-0.1, -0.05) is 62.1 Å². The maximum Gasteiger partial charge on any atom is 0.0505 e. The van der Waals surface area contributed by atoms with Crippen molar-refractivity contribution in [2.45, 2.75) is 63.2 Å². The van der Waals surface area contributed by atoms with Crippen molar-refractivity contribution in [2.75, 3.05) is 0 Å². The molecule has 1 aromatic rings. The van der Waals surface area contributed by atoms with Crippen LogP contribution in [0.1, 0.15) is 36.0 Å². The molecule has 0 nitrogen and oxygen atoms in total. The van der Waals surface area contributed by atoms with Crippen molar-refractivity contribution in [3.63, 3.8) is 0 Å². The first-order valence-electron chi connectivity index (χ1n) is 7.35. The zero-order valence-electron chi connectivity index (χ0n) is 11.1. The molecule has 0 N–H and O–H groups in total. The Morgan fingerprint density at radius 1 is 0.706 bits per heavy atom. The van der Waals surface area contributed by atoms with Gasteiger partial charge >= 0.3 is 0 Å². The van der Waals surface area contributed by atoms with Crippen LogP contribution in [0, 0.1) is 0 Å². The molecule has 1 heteroatoms. The molecule has 0 saturated heterocycles. The smallest absolute Gasteiger partial charge is 0.0505 e. The highest BCUT2D eigenvalue weighted by atomic mass is 28.3. The van der Waals surface area contributed by atoms with Gasteiger partial charge in [-0.25, -0.2) is 0 Å². The average Bonchev–Trinajstić information content (AvgIpc) is 2.28. The van der Waals surface area contributed by atoms with Crippen molar-refractivity contribution >= 4 is 8.07 Å². The molecular weight excluding hydrogens is 220 g/mol. The topological polar surface area (TPSA) is 0 Å². The molecule has 4 rings (SSSR count). The van der Waals surface area contributed by atoms with Crippen LogP contribution < -0.4 is 0 Å². The fraction of sp³-hybridized carbons (Fsp3) is 0.625. The van der Waals surface area contributed by atoms with Gasteiger partial charge in [0, 0.05) is 0 Å². The van der Waals surface area contributed by atoms with E-state index in [4.69, 9.17) is 0 Å². The van der Waals surface area contributed by atoms with E-state index in [1.54, 1.807) is 34.8 Å². The SMILES string of the molecule is C[Si]12CCCc3cc(cc(c3)CCC1)CCC2. The molecule has 1 aromatic carbocycles. The Kier molecular flexibility index (Phi) is 3.12. The van der Waals surface area contributed by atoms with E-state index in [-0.39, 0.29) is 0 Å². The molecule has 92 valence electrons. The Morgan fingerprint density at radius 3 is 1.41 bits per heavy atom. The minimum atomic E-state index is -0.881. The first kappa shape index (κ1) is 11.5. The Bertz CT molecular complexity index is 336. The van der Waals surface area contributed by atoms with Crippen molar-refractivity contribution in [3.05, 3.63) is 34.9 Å². The van der Waals surface area contributed by atoms with Gasteiger partial charge in [0.15, 0.2) is 0 Å². The molecule has 0 fully saturated rings. The Hall–Kier alpha value is -0.563. The molecule has 3 aliphatic heterocycles. The van der Waals surface area contributed by atoms with Crippen molar-refractivity contribution in [3.8, 4) is 0 Å². The zero-order valence-corrected chi connectivity index (χ0v) is 12.1. The number of benzene rings is 1. The monoisotopic (exact) mass is 244 g/mol. The molecule has 0 saturated carbocycles. The lowest BCUT2D eigenvalue weighted by molar-refractivity contribution is 0.788. The van der Waals surface area contributed by atoms with E-state index in [2.05, 4.69) is 24.7 Å². The average molecular weight is 244 g/mol. The summed E-state index contributed by atoms with van der Waals surface area (Å²) in [5, 5.41) is 0. The summed E-state index contributed by atoms with van der Waals surface area (Å²) in [5.41, 5.74) is 4.87. The van der Waals surface area contributed by atoms with E-state index in [9.17, 15) is 0 Å². The van der Waals surface area contributed by atoms with Gasteiger partial charge < -0.3 is 0 Å². The Labute approximate surface area is 106 Å². The third-order valence-electron chi connectivity index (χ3n) is 4.85. The van der Waals surface area contributed by atoms with Gasteiger partial charge in [0.1, 0.15) is 0 Å². The molecule has 0 amide bonds. The number of hydrogen-bond donors (Lipinski definition) is 0. The quantitative estimate of drug-likeness (QED) is 0.586. The summed E-state index contributed by atoms with van der Waals surface area (Å²) in [6, 6.07) is 12.2. The van der Waals surface area contributed by atoms with E-state index in [1.807, 2.05) is 0 Å². The van der Waals surface area contributed by atoms with E-state index in [0.29, 0.717) is 0 Å². The second-order valence-electron chi connectivity index (χ2n) is 6.53. The maximum absolute atomic E-state index is 2.67. The summed E-state index contributed by atoms with van der Waals surface area (Å²) >= 11 is 0. The Morgan fingerprint density at radius 2 is 1.06 bits per heavy atom. The number of hydrogen-bond acceptors (Lipinski definition) is 0. The normalized spacial score (nSPS) is 23.1. The lowest BCUT2D eigenvalue weighted by atomic mass is 9.97. The highest BCUT2D eigenvalue weighted by Crippen LogP contribution is 2.32. The van der Waals surface area contributed by atoms with E-state index in [0.717, 1.165) is 0 Å². The van der Waals surface area contributed by atoms with Crippen LogP contribution in [0.5, 0.6) is 0 Å². The summed E-state index contributed by atoms with van der Waals surface area (Å²) < 4.78 is 0. The van der Waals surface area contributed by atoms with Crippen LogP contribution in [-0.4, -0.2) is 8.07 Å². The minimum absolute atomic E-state index is 0.881. The predicted molar refractivity (Wildman–Crippen MR) is 77.4 cm³/mol. The van der Waals surface area contributed by atoms with E-state index < -0.39 is 8.07 Å². The molecule has 0 atom stereocenters. The summed E-state index contributed by atoms with van der Waals surface area (Å²) in [4.78, 5) is 0. The van der Waals surface area contributed by atoms with E-state index in [1.165, 1.54) is 38.5 Å². The minimum Gasteiger partial charge on any atom is -0.0691 e. The van der Waals surface area contributed by atoms with Crippen LogP contribution >= 0.6 is 0 Å². The van der Waals surface area contributed by atoms with Gasteiger partial charge in [-0.2, -0.15) is 0 Å². The van der Waals surface area contributed by atoms with Crippen molar-refractivity contribution in [1.29, 1.82) is 0 Å². The predicted octanol–water partition coefficient (Wildman–Crippen LogP) is 4.59. The summed E-state index contributed by atoms with van der Waals surface area (Å²) in [6.45, 7) is 2.67. The highest BCUT2D eigenvalue weighted by molar-refractivity contribution is 6.78. The van der Waals surface area contributed by atoms with Crippen LogP contribution in [0.4, 0.5) is 0 Å². The third kappa shape index (κ3) is 2.65. The molecule has 3 aliphatic rings. The summed E-state index contributed by atoms with van der Waals surface area (Å²) in [7, 11) is -0.881. The van der Waals surface area contributed by atoms with Crippen LogP contribution in [0.2, 0.25) is 24.7 Å². The number of rotatable bonds is 0. The van der Waals surface area contributed by atoms with Crippen molar-refractivity contribution in [1.82, 2.24) is 0 Å². The zero-order chi connectivity index (χ0) is 11.7. The van der Waals surface area contributed by atoms with Crippen LogP contribution in [0.25, 0.3) is 0 Å². The lowest BCUT2D eigenvalue weighted by Gasteiger charge is -2.30. The second-order valence-corrected chi connectivity index (χ2v) is 11.7. The molecular formula is C16H24Si. The van der Waals surface area contributed by atoms with Gasteiger partial charge in [0.25, 0.3) is 0 Å². The Balaban J connectivity index is 2.00. The molecule has 0 unspecified atom stereocenters. The molecule has 0 aliphatic carbocycles. The second kappa shape index (κ2) is 4.60. The first-order valence-corrected chi connectivity index (χ1v) is 10.5. The maximum atomic E-state index is 2.67. The standard InChI is InChI=1S/C16H24Si/c1-17-8-2-5-14-11-15(6-3-9-17)13-16(12-14)7-4-10-17/h11-13H,2-10H2,1H3. The molecule has 0 spiro atoms. The molecule has 4 bridgehead atoms. The van der Waals surface area contributed by atoms with E-state index >= 15 is 0 Å². The molecule has 0 radical (unpaired) electrons. The summed E-state index contributed by atoms with van der Waals surface area (Å²) in [6.07, 6.45) is 8.36. The van der Waals surface area contributed by atoms with Gasteiger partial charge in [0.2, 0.25) is 0 Å². The van der Waals surface area contributed by atoms with Gasteiger partial charge in [-0.05, 0) is 36.0 Å². The number of aryl methyl sites for hydroxylation is 3. The van der Waals surface area contributed by atoms with Crippen LogP contribution in [-0.2, 0) is 19.3 Å². The summed E-state index contributed by atoms with van der Waals surface area (Å²) in [5.74, 6) is 0. The van der Waals surface area contributed by atoms with Gasteiger partial charge in [0.05, 0.1) is 8.07 Å². The van der Waals surface area contributed by atoms with Crippen molar-refractivity contribution in [2.24, 2.45) is 0 Å². The molecule has 17 heavy (non-hydrogen) atoms. The molecule has 0 aromatic heterocycles. The lowest BCUT2D eigenvalue weighted by Crippen LogP contribution is -2.30. The largest absolute Gasteiger partial charge is 0.0691 e. The third-order valence-corrected chi connectivity index (χ3v) is 9.53. The fourth-order valence-corrected chi connectivity index (χ4v) is 7.65. The number of fused-ring (bicyclic) bond motifs is 6. The van der Waals surface area contributed by atoms with Gasteiger partial charge in [-0.15, -0.1) is 0 Å². The van der Waals surface area contributed by atoms with Crippen LogP contribution in [0.3, 0.4) is 0 Å². The molecule has 3 heterocycles. The first-order chi connectivity index (χ1) is 8.23. The van der Waals surface area contributed by atoms with Crippen LogP contribution in [0.15, 0.2) is 18.2 Å². The van der Waals surface area contributed by atoms with Crippen molar-refractivity contribution < 1.29 is 0 Å². The highest BCUT2D eigenvalue weighted by Gasteiger charge is 2.27. The fourth-order valence-electron chi connectivity index (χ4n) is 3.81. The van der Waals surface area contributed by atoms with Gasteiger partial charge in [-0.3, -0.25) is 0 Å².